The van der Waals surface area contributed by atoms with Crippen LogP contribution in [0.2, 0.25) is 0 Å². The molecule has 0 saturated carbocycles. The van der Waals surface area contributed by atoms with Crippen molar-refractivity contribution in [3.8, 4) is 11.5 Å². The number of benzene rings is 1. The Morgan fingerprint density at radius 1 is 1.14 bits per heavy atom. The summed E-state index contributed by atoms with van der Waals surface area (Å²) in [6.07, 6.45) is -2.19. The van der Waals surface area contributed by atoms with Crippen LogP contribution in [0.1, 0.15) is 27.2 Å². The zero-order valence-electron chi connectivity index (χ0n) is 12.8. The van der Waals surface area contributed by atoms with Gasteiger partial charge in [-0.1, -0.05) is 0 Å². The summed E-state index contributed by atoms with van der Waals surface area (Å²) in [6, 6.07) is 7.52. The summed E-state index contributed by atoms with van der Waals surface area (Å²) in [7, 11) is 0. The number of nitrogens with zero attached hydrogens (tertiary/aromatic N) is 1. The van der Waals surface area contributed by atoms with Crippen LogP contribution in [0, 0.1) is 0 Å². The SMILES string of the molecule is CC(C)(C)Oc1ccc(OC2CN(CCC(F)F)C2)cc1. The van der Waals surface area contributed by atoms with Gasteiger partial charge in [0.25, 0.3) is 0 Å². The predicted octanol–water partition coefficient (Wildman–Crippen LogP) is 3.58. The molecule has 1 aromatic carbocycles. The highest BCUT2D eigenvalue weighted by Gasteiger charge is 2.28. The van der Waals surface area contributed by atoms with Crippen molar-refractivity contribution in [3.05, 3.63) is 24.3 Å². The number of ether oxygens (including phenoxy) is 2. The maximum atomic E-state index is 12.1. The molecular formula is C16H23F2NO2. The summed E-state index contributed by atoms with van der Waals surface area (Å²) in [5, 5.41) is 0. The van der Waals surface area contributed by atoms with Gasteiger partial charge in [0.15, 0.2) is 0 Å². The maximum Gasteiger partial charge on any atom is 0.239 e. The fourth-order valence-electron chi connectivity index (χ4n) is 2.19. The molecule has 21 heavy (non-hydrogen) atoms. The minimum atomic E-state index is -2.22. The number of alkyl halides is 2. The van der Waals surface area contributed by atoms with Crippen LogP contribution in [0.3, 0.4) is 0 Å². The molecule has 0 aromatic heterocycles. The van der Waals surface area contributed by atoms with E-state index in [2.05, 4.69) is 0 Å². The third-order valence-corrected chi connectivity index (χ3v) is 3.14. The number of likely N-dealkylation sites (tertiary alicyclic amines) is 1. The molecule has 1 saturated heterocycles. The normalized spacial score (nSPS) is 16.9. The van der Waals surface area contributed by atoms with Crippen LogP contribution < -0.4 is 9.47 Å². The van der Waals surface area contributed by atoms with Gasteiger partial charge in [0.05, 0.1) is 0 Å². The number of rotatable bonds is 6. The third-order valence-electron chi connectivity index (χ3n) is 3.14. The van der Waals surface area contributed by atoms with Crippen LogP contribution >= 0.6 is 0 Å². The van der Waals surface area contributed by atoms with Crippen LogP contribution in [0.4, 0.5) is 8.78 Å². The first kappa shape index (κ1) is 16.0. The summed E-state index contributed by atoms with van der Waals surface area (Å²) in [4.78, 5) is 1.98. The fraction of sp³-hybridized carbons (Fsp3) is 0.625. The molecule has 0 bridgehead atoms. The lowest BCUT2D eigenvalue weighted by molar-refractivity contribution is 0.00708. The van der Waals surface area contributed by atoms with E-state index < -0.39 is 6.43 Å². The van der Waals surface area contributed by atoms with Crippen LogP contribution in [-0.2, 0) is 0 Å². The van der Waals surface area contributed by atoms with E-state index in [9.17, 15) is 8.78 Å². The highest BCUT2D eigenvalue weighted by Crippen LogP contribution is 2.24. The molecule has 2 rings (SSSR count). The summed E-state index contributed by atoms with van der Waals surface area (Å²) in [5.74, 6) is 1.59. The van der Waals surface area contributed by atoms with Gasteiger partial charge in [-0.3, -0.25) is 4.90 Å². The molecule has 3 nitrogen and oxygen atoms in total. The first-order chi connectivity index (χ1) is 9.82. The second-order valence-corrected chi connectivity index (χ2v) is 6.37. The largest absolute Gasteiger partial charge is 0.488 e. The van der Waals surface area contributed by atoms with Crippen LogP contribution in [0.15, 0.2) is 24.3 Å². The van der Waals surface area contributed by atoms with Crippen molar-refractivity contribution in [3.63, 3.8) is 0 Å². The van der Waals surface area contributed by atoms with Gasteiger partial charge in [0, 0.05) is 26.1 Å². The summed E-state index contributed by atoms with van der Waals surface area (Å²) >= 11 is 0. The van der Waals surface area contributed by atoms with E-state index in [1.54, 1.807) is 0 Å². The summed E-state index contributed by atoms with van der Waals surface area (Å²) in [5.41, 5.74) is -0.221. The molecule has 1 aliphatic heterocycles. The molecule has 1 fully saturated rings. The van der Waals surface area contributed by atoms with E-state index in [0.717, 1.165) is 11.5 Å². The second kappa shape index (κ2) is 6.60. The standard InChI is InChI=1S/C16H23F2NO2/c1-16(2,3)21-13-6-4-12(5-7-13)20-14-10-19(11-14)9-8-15(17)18/h4-7,14-15H,8-11H2,1-3H3. The van der Waals surface area contributed by atoms with Crippen molar-refractivity contribution in [2.75, 3.05) is 19.6 Å². The van der Waals surface area contributed by atoms with E-state index >= 15 is 0 Å². The molecule has 0 N–H and O–H groups in total. The maximum absolute atomic E-state index is 12.1. The first-order valence-corrected chi connectivity index (χ1v) is 7.28. The van der Waals surface area contributed by atoms with Crippen molar-refractivity contribution >= 4 is 0 Å². The monoisotopic (exact) mass is 299 g/mol. The van der Waals surface area contributed by atoms with Crippen molar-refractivity contribution in [2.24, 2.45) is 0 Å². The molecule has 5 heteroatoms. The van der Waals surface area contributed by atoms with Crippen LogP contribution in [-0.4, -0.2) is 42.7 Å². The van der Waals surface area contributed by atoms with Crippen molar-refractivity contribution < 1.29 is 18.3 Å². The third kappa shape index (κ3) is 5.50. The van der Waals surface area contributed by atoms with Gasteiger partial charge in [-0.2, -0.15) is 0 Å². The Morgan fingerprint density at radius 3 is 2.24 bits per heavy atom. The number of hydrogen-bond acceptors (Lipinski definition) is 3. The van der Waals surface area contributed by atoms with Gasteiger partial charge < -0.3 is 9.47 Å². The minimum absolute atomic E-state index is 0.0639. The fourth-order valence-corrected chi connectivity index (χ4v) is 2.19. The van der Waals surface area contributed by atoms with E-state index in [0.29, 0.717) is 19.6 Å². The zero-order chi connectivity index (χ0) is 15.5. The Hall–Kier alpha value is -1.36. The Bertz CT molecular complexity index is 437. The average Bonchev–Trinajstić information content (AvgIpc) is 2.31. The lowest BCUT2D eigenvalue weighted by Crippen LogP contribution is -2.54. The van der Waals surface area contributed by atoms with E-state index in [1.807, 2.05) is 49.9 Å². The Labute approximate surface area is 124 Å². The Morgan fingerprint density at radius 2 is 1.71 bits per heavy atom. The molecular weight excluding hydrogens is 276 g/mol. The molecule has 1 aliphatic rings. The van der Waals surface area contributed by atoms with Gasteiger partial charge in [0.2, 0.25) is 6.43 Å². The zero-order valence-corrected chi connectivity index (χ0v) is 12.8. The number of hydrogen-bond donors (Lipinski definition) is 0. The van der Waals surface area contributed by atoms with Gasteiger partial charge in [-0.15, -0.1) is 0 Å². The van der Waals surface area contributed by atoms with Crippen LogP contribution in [0.5, 0.6) is 11.5 Å². The molecule has 0 amide bonds. The first-order valence-electron chi connectivity index (χ1n) is 7.28. The molecule has 1 heterocycles. The Kier molecular flexibility index (Phi) is 5.04. The number of halogens is 2. The van der Waals surface area contributed by atoms with Crippen molar-refractivity contribution in [1.29, 1.82) is 0 Å². The lowest BCUT2D eigenvalue weighted by atomic mass is 10.1. The quantitative estimate of drug-likeness (QED) is 0.801. The predicted molar refractivity (Wildman–Crippen MR) is 78.3 cm³/mol. The average molecular weight is 299 g/mol. The minimum Gasteiger partial charge on any atom is -0.488 e. The van der Waals surface area contributed by atoms with E-state index in [-0.39, 0.29) is 18.1 Å². The molecule has 0 unspecified atom stereocenters. The lowest BCUT2D eigenvalue weighted by Gasteiger charge is -2.39. The molecule has 0 atom stereocenters. The topological polar surface area (TPSA) is 21.7 Å². The van der Waals surface area contributed by atoms with Gasteiger partial charge >= 0.3 is 0 Å². The molecule has 0 radical (unpaired) electrons. The molecule has 118 valence electrons. The summed E-state index contributed by atoms with van der Waals surface area (Å²) < 4.78 is 35.7. The van der Waals surface area contributed by atoms with Gasteiger partial charge in [0.1, 0.15) is 23.2 Å². The van der Waals surface area contributed by atoms with Gasteiger partial charge in [-0.25, -0.2) is 8.78 Å². The van der Waals surface area contributed by atoms with Crippen molar-refractivity contribution in [2.45, 2.75) is 45.3 Å². The molecule has 0 aliphatic carbocycles. The Balaban J connectivity index is 1.73. The van der Waals surface area contributed by atoms with Gasteiger partial charge in [-0.05, 0) is 45.0 Å². The van der Waals surface area contributed by atoms with E-state index in [4.69, 9.17) is 9.47 Å². The van der Waals surface area contributed by atoms with Crippen molar-refractivity contribution in [1.82, 2.24) is 4.90 Å². The highest BCUT2D eigenvalue weighted by molar-refractivity contribution is 5.32. The van der Waals surface area contributed by atoms with E-state index in [1.165, 1.54) is 0 Å². The second-order valence-electron chi connectivity index (χ2n) is 6.37. The highest BCUT2D eigenvalue weighted by atomic mass is 19.3. The smallest absolute Gasteiger partial charge is 0.239 e. The molecule has 0 spiro atoms. The molecule has 1 aromatic rings. The van der Waals surface area contributed by atoms with Crippen LogP contribution in [0.25, 0.3) is 0 Å². The summed E-state index contributed by atoms with van der Waals surface area (Å²) in [6.45, 7) is 7.87.